The number of hydrogen-bond acceptors (Lipinski definition) is 3. The first-order valence-electron chi connectivity index (χ1n) is 5.75. The number of hydrogen-bond donors (Lipinski definition) is 2. The Labute approximate surface area is 106 Å². The standard InChI is InChI=1S/C12H20BrN3/c1-4-5-14-7-10-6-11(13)8-15-12(10)16-9(2)3/h6,8-9,14H,4-5,7H2,1-3H3,(H,15,16). The molecule has 0 aromatic carbocycles. The number of rotatable bonds is 6. The van der Waals surface area contributed by atoms with Crippen molar-refractivity contribution in [3.05, 3.63) is 22.3 Å². The maximum atomic E-state index is 4.40. The fraction of sp³-hybridized carbons (Fsp3) is 0.583. The van der Waals surface area contributed by atoms with Crippen LogP contribution < -0.4 is 10.6 Å². The van der Waals surface area contributed by atoms with Crippen molar-refractivity contribution in [2.45, 2.75) is 39.8 Å². The lowest BCUT2D eigenvalue weighted by Gasteiger charge is -2.14. The summed E-state index contributed by atoms with van der Waals surface area (Å²) in [6.07, 6.45) is 2.97. The molecule has 0 aliphatic carbocycles. The molecule has 0 aliphatic rings. The minimum Gasteiger partial charge on any atom is -0.368 e. The van der Waals surface area contributed by atoms with Crippen molar-refractivity contribution in [1.82, 2.24) is 10.3 Å². The van der Waals surface area contributed by atoms with Crippen LogP contribution >= 0.6 is 15.9 Å². The van der Waals surface area contributed by atoms with Crippen molar-refractivity contribution in [1.29, 1.82) is 0 Å². The molecule has 2 N–H and O–H groups in total. The normalized spacial score (nSPS) is 10.8. The Hall–Kier alpha value is -0.610. The van der Waals surface area contributed by atoms with E-state index in [1.807, 2.05) is 6.20 Å². The molecule has 1 rings (SSSR count). The van der Waals surface area contributed by atoms with Crippen LogP contribution in [-0.2, 0) is 6.54 Å². The summed E-state index contributed by atoms with van der Waals surface area (Å²) in [6, 6.07) is 2.51. The van der Waals surface area contributed by atoms with Crippen molar-refractivity contribution in [3.8, 4) is 0 Å². The van der Waals surface area contributed by atoms with Crippen molar-refractivity contribution in [2.24, 2.45) is 0 Å². The minimum absolute atomic E-state index is 0.401. The third kappa shape index (κ3) is 4.49. The first-order chi connectivity index (χ1) is 7.63. The summed E-state index contributed by atoms with van der Waals surface area (Å²) in [4.78, 5) is 4.40. The number of halogens is 1. The molecule has 0 amide bonds. The molecular weight excluding hydrogens is 266 g/mol. The Bertz CT molecular complexity index is 326. The predicted molar refractivity (Wildman–Crippen MR) is 72.7 cm³/mol. The Morgan fingerprint density at radius 2 is 2.19 bits per heavy atom. The molecule has 0 bridgehead atoms. The molecule has 16 heavy (non-hydrogen) atoms. The van der Waals surface area contributed by atoms with E-state index in [2.05, 4.69) is 58.4 Å². The first-order valence-corrected chi connectivity index (χ1v) is 6.54. The van der Waals surface area contributed by atoms with Crippen LogP contribution in [0.4, 0.5) is 5.82 Å². The number of pyridine rings is 1. The molecule has 0 saturated heterocycles. The SMILES string of the molecule is CCCNCc1cc(Br)cnc1NC(C)C. The van der Waals surface area contributed by atoms with Crippen molar-refractivity contribution in [3.63, 3.8) is 0 Å². The van der Waals surface area contributed by atoms with Crippen LogP contribution in [0.5, 0.6) is 0 Å². The maximum absolute atomic E-state index is 4.40. The second kappa shape index (κ2) is 6.86. The van der Waals surface area contributed by atoms with Crippen LogP contribution in [-0.4, -0.2) is 17.6 Å². The van der Waals surface area contributed by atoms with Gasteiger partial charge in [0.2, 0.25) is 0 Å². The summed E-state index contributed by atoms with van der Waals surface area (Å²) in [5.74, 6) is 0.974. The third-order valence-electron chi connectivity index (χ3n) is 2.10. The van der Waals surface area contributed by atoms with Gasteiger partial charge in [0, 0.05) is 28.8 Å². The van der Waals surface area contributed by atoms with E-state index in [1.54, 1.807) is 0 Å². The third-order valence-corrected chi connectivity index (χ3v) is 2.53. The number of aromatic nitrogens is 1. The highest BCUT2D eigenvalue weighted by atomic mass is 79.9. The molecule has 1 aromatic rings. The Morgan fingerprint density at radius 3 is 2.81 bits per heavy atom. The fourth-order valence-corrected chi connectivity index (χ4v) is 1.80. The highest BCUT2D eigenvalue weighted by Gasteiger charge is 2.05. The highest BCUT2D eigenvalue weighted by molar-refractivity contribution is 9.10. The van der Waals surface area contributed by atoms with Gasteiger partial charge in [0.15, 0.2) is 0 Å². The van der Waals surface area contributed by atoms with Gasteiger partial charge in [-0.2, -0.15) is 0 Å². The van der Waals surface area contributed by atoms with Crippen molar-refractivity contribution in [2.75, 3.05) is 11.9 Å². The van der Waals surface area contributed by atoms with E-state index in [4.69, 9.17) is 0 Å². The second-order valence-electron chi connectivity index (χ2n) is 4.14. The lowest BCUT2D eigenvalue weighted by Crippen LogP contribution is -2.18. The summed E-state index contributed by atoms with van der Waals surface area (Å²) in [5.41, 5.74) is 1.21. The van der Waals surface area contributed by atoms with Crippen molar-refractivity contribution < 1.29 is 0 Å². The van der Waals surface area contributed by atoms with Crippen LogP contribution in [0.15, 0.2) is 16.7 Å². The van der Waals surface area contributed by atoms with Gasteiger partial charge in [-0.05, 0) is 48.8 Å². The van der Waals surface area contributed by atoms with Crippen LogP contribution in [0.2, 0.25) is 0 Å². The van der Waals surface area contributed by atoms with Gasteiger partial charge in [-0.1, -0.05) is 6.92 Å². The molecule has 4 heteroatoms. The number of nitrogens with zero attached hydrogens (tertiary/aromatic N) is 1. The molecule has 0 atom stereocenters. The summed E-state index contributed by atoms with van der Waals surface area (Å²) >= 11 is 3.45. The number of nitrogens with one attached hydrogen (secondary N) is 2. The van der Waals surface area contributed by atoms with Crippen molar-refractivity contribution >= 4 is 21.7 Å². The van der Waals surface area contributed by atoms with E-state index in [9.17, 15) is 0 Å². The molecular formula is C12H20BrN3. The van der Waals surface area contributed by atoms with E-state index in [0.717, 1.165) is 29.8 Å². The van der Waals surface area contributed by atoms with E-state index in [0.29, 0.717) is 6.04 Å². The van der Waals surface area contributed by atoms with E-state index in [1.165, 1.54) is 5.56 Å². The summed E-state index contributed by atoms with van der Waals surface area (Å²) in [5, 5.41) is 6.75. The molecule has 0 unspecified atom stereocenters. The van der Waals surface area contributed by atoms with Gasteiger partial charge in [0.05, 0.1) is 0 Å². The summed E-state index contributed by atoms with van der Waals surface area (Å²) in [6.45, 7) is 8.29. The lowest BCUT2D eigenvalue weighted by atomic mass is 10.2. The molecule has 0 spiro atoms. The average Bonchev–Trinajstić information content (AvgIpc) is 2.22. The van der Waals surface area contributed by atoms with Gasteiger partial charge in [-0.15, -0.1) is 0 Å². The lowest BCUT2D eigenvalue weighted by molar-refractivity contribution is 0.673. The van der Waals surface area contributed by atoms with E-state index < -0.39 is 0 Å². The molecule has 90 valence electrons. The molecule has 0 fully saturated rings. The molecule has 0 saturated carbocycles. The molecule has 1 heterocycles. The second-order valence-corrected chi connectivity index (χ2v) is 5.05. The molecule has 3 nitrogen and oxygen atoms in total. The molecule has 0 radical (unpaired) electrons. The highest BCUT2D eigenvalue weighted by Crippen LogP contribution is 2.18. The smallest absolute Gasteiger partial charge is 0.130 e. The van der Waals surface area contributed by atoms with Crippen LogP contribution in [0.1, 0.15) is 32.8 Å². The Balaban J connectivity index is 2.73. The van der Waals surface area contributed by atoms with E-state index >= 15 is 0 Å². The van der Waals surface area contributed by atoms with Crippen LogP contribution in [0.3, 0.4) is 0 Å². The van der Waals surface area contributed by atoms with Gasteiger partial charge in [0.25, 0.3) is 0 Å². The zero-order chi connectivity index (χ0) is 12.0. The predicted octanol–water partition coefficient (Wildman–Crippen LogP) is 3.16. The Morgan fingerprint density at radius 1 is 1.44 bits per heavy atom. The number of anilines is 1. The van der Waals surface area contributed by atoms with Crippen LogP contribution in [0, 0.1) is 0 Å². The Kier molecular flexibility index (Phi) is 5.77. The molecule has 1 aromatic heterocycles. The zero-order valence-electron chi connectivity index (χ0n) is 10.2. The van der Waals surface area contributed by atoms with Crippen LogP contribution in [0.25, 0.3) is 0 Å². The maximum Gasteiger partial charge on any atom is 0.130 e. The largest absolute Gasteiger partial charge is 0.368 e. The minimum atomic E-state index is 0.401. The summed E-state index contributed by atoms with van der Waals surface area (Å²) < 4.78 is 1.02. The van der Waals surface area contributed by atoms with E-state index in [-0.39, 0.29) is 0 Å². The fourth-order valence-electron chi connectivity index (χ4n) is 1.42. The first kappa shape index (κ1) is 13.5. The average molecular weight is 286 g/mol. The van der Waals surface area contributed by atoms with Gasteiger partial charge in [-0.25, -0.2) is 4.98 Å². The van der Waals surface area contributed by atoms with Gasteiger partial charge < -0.3 is 10.6 Å². The van der Waals surface area contributed by atoms with Gasteiger partial charge >= 0.3 is 0 Å². The summed E-state index contributed by atoms with van der Waals surface area (Å²) in [7, 11) is 0. The topological polar surface area (TPSA) is 37.0 Å². The van der Waals surface area contributed by atoms with Gasteiger partial charge in [0.1, 0.15) is 5.82 Å². The monoisotopic (exact) mass is 285 g/mol. The quantitative estimate of drug-likeness (QED) is 0.789. The van der Waals surface area contributed by atoms with Gasteiger partial charge in [-0.3, -0.25) is 0 Å². The molecule has 0 aliphatic heterocycles. The zero-order valence-corrected chi connectivity index (χ0v) is 11.8.